The summed E-state index contributed by atoms with van der Waals surface area (Å²) in [6.07, 6.45) is 6.07. The Morgan fingerprint density at radius 3 is 2.15 bits per heavy atom. The monoisotopic (exact) mass is 181 g/mol. The average Bonchev–Trinajstić information content (AvgIpc) is 2.19. The van der Waals surface area contributed by atoms with Crippen molar-refractivity contribution in [3.8, 4) is 0 Å². The summed E-state index contributed by atoms with van der Waals surface area (Å²) in [5.74, 6) is 0. The molecule has 0 spiro atoms. The van der Waals surface area contributed by atoms with Crippen LogP contribution in [0.3, 0.4) is 0 Å². The van der Waals surface area contributed by atoms with Gasteiger partial charge in [-0.2, -0.15) is 0 Å². The van der Waals surface area contributed by atoms with Crippen LogP contribution in [-0.4, -0.2) is 37.2 Å². The molecule has 1 saturated heterocycles. The number of hydrogen-bond acceptors (Lipinski definition) is 2. The third-order valence-electron chi connectivity index (χ3n) is 2.44. The zero-order chi connectivity index (χ0) is 9.52. The number of hydrogen-bond donors (Lipinski definition) is 0. The molecule has 1 fully saturated rings. The van der Waals surface area contributed by atoms with Crippen LogP contribution in [-0.2, 0) is 4.74 Å². The highest BCUT2D eigenvalue weighted by Gasteiger charge is 2.18. The minimum Gasteiger partial charge on any atom is -0.379 e. The van der Waals surface area contributed by atoms with E-state index < -0.39 is 0 Å². The fraction of sp³-hybridized carbons (Fsp3) is 0.636. The topological polar surface area (TPSA) is 12.5 Å². The summed E-state index contributed by atoms with van der Waals surface area (Å²) in [5.41, 5.74) is 0. The largest absolute Gasteiger partial charge is 0.379 e. The van der Waals surface area contributed by atoms with Crippen LogP contribution in [0.2, 0.25) is 0 Å². The summed E-state index contributed by atoms with van der Waals surface area (Å²) >= 11 is 0. The molecule has 0 amide bonds. The Bertz CT molecular complexity index is 151. The second kappa shape index (κ2) is 5.95. The Kier molecular flexibility index (Phi) is 4.79. The molecule has 0 bridgehead atoms. The quantitative estimate of drug-likeness (QED) is 0.600. The van der Waals surface area contributed by atoms with Gasteiger partial charge in [-0.25, -0.2) is 0 Å². The van der Waals surface area contributed by atoms with E-state index in [4.69, 9.17) is 4.74 Å². The molecule has 2 heteroatoms. The maximum atomic E-state index is 5.31. The van der Waals surface area contributed by atoms with Gasteiger partial charge in [0.05, 0.1) is 13.2 Å². The Morgan fingerprint density at radius 1 is 1.15 bits per heavy atom. The van der Waals surface area contributed by atoms with Gasteiger partial charge in [0, 0.05) is 19.1 Å². The van der Waals surface area contributed by atoms with E-state index in [1.165, 1.54) is 0 Å². The summed E-state index contributed by atoms with van der Waals surface area (Å²) in [5, 5.41) is 0. The zero-order valence-corrected chi connectivity index (χ0v) is 8.24. The van der Waals surface area contributed by atoms with Gasteiger partial charge in [0.25, 0.3) is 0 Å². The van der Waals surface area contributed by atoms with Crippen LogP contribution in [0.25, 0.3) is 0 Å². The molecule has 1 aliphatic heterocycles. The molecule has 0 atom stereocenters. The fourth-order valence-electron chi connectivity index (χ4n) is 1.72. The van der Waals surface area contributed by atoms with Crippen molar-refractivity contribution >= 4 is 0 Å². The lowest BCUT2D eigenvalue weighted by molar-refractivity contribution is 0.0177. The molecule has 1 aliphatic rings. The summed E-state index contributed by atoms with van der Waals surface area (Å²) < 4.78 is 5.31. The second-order valence-electron chi connectivity index (χ2n) is 3.35. The normalized spacial score (nSPS) is 18.8. The van der Waals surface area contributed by atoms with E-state index in [0.29, 0.717) is 6.04 Å². The van der Waals surface area contributed by atoms with Crippen molar-refractivity contribution in [2.45, 2.75) is 18.9 Å². The highest BCUT2D eigenvalue weighted by atomic mass is 16.5. The van der Waals surface area contributed by atoms with Crippen molar-refractivity contribution in [2.75, 3.05) is 26.3 Å². The molecule has 2 nitrogen and oxygen atoms in total. The van der Waals surface area contributed by atoms with Gasteiger partial charge < -0.3 is 4.74 Å². The maximum absolute atomic E-state index is 5.31. The number of ether oxygens (including phenoxy) is 1. The molecule has 0 radical (unpaired) electrons. The lowest BCUT2D eigenvalue weighted by atomic mass is 10.1. The van der Waals surface area contributed by atoms with Gasteiger partial charge in [0.15, 0.2) is 0 Å². The first-order valence-electron chi connectivity index (χ1n) is 4.92. The van der Waals surface area contributed by atoms with Crippen LogP contribution in [0.15, 0.2) is 25.3 Å². The SMILES string of the molecule is C=CCC(CC=C)N1CCOCC1. The molecule has 13 heavy (non-hydrogen) atoms. The smallest absolute Gasteiger partial charge is 0.0594 e. The minimum absolute atomic E-state index is 0.582. The van der Waals surface area contributed by atoms with Crippen LogP contribution in [0, 0.1) is 0 Å². The van der Waals surface area contributed by atoms with Crippen LogP contribution in [0.1, 0.15) is 12.8 Å². The van der Waals surface area contributed by atoms with Gasteiger partial charge in [0.2, 0.25) is 0 Å². The zero-order valence-electron chi connectivity index (χ0n) is 8.24. The predicted molar refractivity (Wildman–Crippen MR) is 55.8 cm³/mol. The van der Waals surface area contributed by atoms with E-state index >= 15 is 0 Å². The van der Waals surface area contributed by atoms with Gasteiger partial charge >= 0.3 is 0 Å². The Hall–Kier alpha value is -0.600. The van der Waals surface area contributed by atoms with Gasteiger partial charge in [0.1, 0.15) is 0 Å². The van der Waals surface area contributed by atoms with E-state index in [2.05, 4.69) is 18.1 Å². The highest BCUT2D eigenvalue weighted by Crippen LogP contribution is 2.11. The highest BCUT2D eigenvalue weighted by molar-refractivity contribution is 4.86. The van der Waals surface area contributed by atoms with E-state index in [0.717, 1.165) is 39.1 Å². The van der Waals surface area contributed by atoms with Crippen LogP contribution >= 0.6 is 0 Å². The van der Waals surface area contributed by atoms with Crippen molar-refractivity contribution in [1.29, 1.82) is 0 Å². The van der Waals surface area contributed by atoms with Crippen LogP contribution in [0.5, 0.6) is 0 Å². The Morgan fingerprint density at radius 2 is 1.69 bits per heavy atom. The molecular formula is C11H19NO. The van der Waals surface area contributed by atoms with Gasteiger partial charge in [-0.3, -0.25) is 4.90 Å². The van der Waals surface area contributed by atoms with Gasteiger partial charge in [-0.05, 0) is 12.8 Å². The molecule has 0 unspecified atom stereocenters. The number of rotatable bonds is 5. The lowest BCUT2D eigenvalue weighted by Gasteiger charge is -2.33. The van der Waals surface area contributed by atoms with Crippen molar-refractivity contribution in [3.63, 3.8) is 0 Å². The molecule has 1 rings (SSSR count). The third-order valence-corrected chi connectivity index (χ3v) is 2.44. The summed E-state index contributed by atoms with van der Waals surface area (Å²) in [6, 6.07) is 0.582. The molecule has 0 aromatic carbocycles. The van der Waals surface area contributed by atoms with Crippen molar-refractivity contribution < 1.29 is 4.74 Å². The molecule has 0 aliphatic carbocycles. The van der Waals surface area contributed by atoms with Crippen LogP contribution in [0.4, 0.5) is 0 Å². The van der Waals surface area contributed by atoms with E-state index in [1.807, 2.05) is 12.2 Å². The van der Waals surface area contributed by atoms with Crippen molar-refractivity contribution in [1.82, 2.24) is 4.90 Å². The minimum atomic E-state index is 0.582. The maximum Gasteiger partial charge on any atom is 0.0594 e. The second-order valence-corrected chi connectivity index (χ2v) is 3.35. The van der Waals surface area contributed by atoms with Crippen LogP contribution < -0.4 is 0 Å². The summed E-state index contributed by atoms with van der Waals surface area (Å²) in [6.45, 7) is 11.4. The molecule has 74 valence electrons. The molecule has 0 N–H and O–H groups in total. The van der Waals surface area contributed by atoms with Crippen molar-refractivity contribution in [3.05, 3.63) is 25.3 Å². The standard InChI is InChI=1S/C11H19NO/c1-3-5-11(6-4-2)12-7-9-13-10-8-12/h3-4,11H,1-2,5-10H2. The molecule has 0 aromatic rings. The summed E-state index contributed by atoms with van der Waals surface area (Å²) in [4.78, 5) is 2.47. The predicted octanol–water partition coefficient (Wildman–Crippen LogP) is 1.84. The van der Waals surface area contributed by atoms with Gasteiger partial charge in [-0.15, -0.1) is 13.2 Å². The van der Waals surface area contributed by atoms with Crippen molar-refractivity contribution in [2.24, 2.45) is 0 Å². The molecule has 0 saturated carbocycles. The van der Waals surface area contributed by atoms with E-state index in [-0.39, 0.29) is 0 Å². The van der Waals surface area contributed by atoms with Gasteiger partial charge in [-0.1, -0.05) is 12.2 Å². The lowest BCUT2D eigenvalue weighted by Crippen LogP contribution is -2.43. The molecule has 1 heterocycles. The summed E-state index contributed by atoms with van der Waals surface area (Å²) in [7, 11) is 0. The fourth-order valence-corrected chi connectivity index (χ4v) is 1.72. The number of nitrogens with zero attached hydrogens (tertiary/aromatic N) is 1. The average molecular weight is 181 g/mol. The van der Waals surface area contributed by atoms with E-state index in [1.54, 1.807) is 0 Å². The first kappa shape index (κ1) is 10.5. The van der Waals surface area contributed by atoms with E-state index in [9.17, 15) is 0 Å². The molecule has 0 aromatic heterocycles. The Labute approximate surface area is 80.9 Å². The molecular weight excluding hydrogens is 162 g/mol. The first-order chi connectivity index (χ1) is 6.38. The Balaban J connectivity index is 2.40. The number of morpholine rings is 1. The third kappa shape index (κ3) is 3.33. The first-order valence-corrected chi connectivity index (χ1v) is 4.92.